The Morgan fingerprint density at radius 3 is 2.93 bits per heavy atom. The molecule has 1 nitrogen and oxygen atoms in total. The van der Waals surface area contributed by atoms with Crippen molar-refractivity contribution in [3.63, 3.8) is 0 Å². The molecule has 0 unspecified atom stereocenters. The summed E-state index contributed by atoms with van der Waals surface area (Å²) in [6.45, 7) is 8.01. The van der Waals surface area contributed by atoms with Crippen LogP contribution in [0.3, 0.4) is 0 Å². The van der Waals surface area contributed by atoms with Gasteiger partial charge in [0.2, 0.25) is 0 Å². The van der Waals surface area contributed by atoms with Gasteiger partial charge in [-0.15, -0.1) is 0 Å². The predicted octanol–water partition coefficient (Wildman–Crippen LogP) is 2.76. The summed E-state index contributed by atoms with van der Waals surface area (Å²) in [5.74, 6) is 0. The van der Waals surface area contributed by atoms with Gasteiger partial charge in [-0.2, -0.15) is 0 Å². The maximum Gasteiger partial charge on any atom is 0.0236 e. The second kappa shape index (κ2) is 4.14. The highest BCUT2D eigenvalue weighted by Crippen LogP contribution is 2.19. The quantitative estimate of drug-likeness (QED) is 0.656. The molecule has 0 N–H and O–H groups in total. The molecular weight excluding hydrogens is 170 g/mol. The van der Waals surface area contributed by atoms with Crippen LogP contribution >= 0.6 is 0 Å². The van der Waals surface area contributed by atoms with Crippen LogP contribution in [-0.2, 0) is 13.0 Å². The molecule has 1 aliphatic heterocycles. The molecule has 1 aromatic rings. The van der Waals surface area contributed by atoms with E-state index in [1.165, 1.54) is 31.5 Å². The maximum atomic E-state index is 2.53. The minimum atomic E-state index is 1.15. The summed E-state index contributed by atoms with van der Waals surface area (Å²) in [4.78, 5) is 2.53. The Morgan fingerprint density at radius 1 is 1.29 bits per heavy atom. The van der Waals surface area contributed by atoms with E-state index in [1.807, 2.05) is 0 Å². The van der Waals surface area contributed by atoms with Gasteiger partial charge in [-0.25, -0.2) is 0 Å². The van der Waals surface area contributed by atoms with Gasteiger partial charge in [-0.1, -0.05) is 30.7 Å². The van der Waals surface area contributed by atoms with Crippen LogP contribution in [0.15, 0.2) is 18.2 Å². The number of hydrogen-bond donors (Lipinski definition) is 0. The lowest BCUT2D eigenvalue weighted by Crippen LogP contribution is -2.22. The third-order valence-electron chi connectivity index (χ3n) is 3.12. The molecule has 0 aliphatic carbocycles. The minimum Gasteiger partial charge on any atom is -0.299 e. The molecule has 1 heterocycles. The summed E-state index contributed by atoms with van der Waals surface area (Å²) in [5, 5.41) is 0. The third kappa shape index (κ3) is 1.98. The fraction of sp³-hybridized carbons (Fsp3) is 0.538. The molecule has 0 saturated carbocycles. The van der Waals surface area contributed by atoms with Crippen LogP contribution in [0.25, 0.3) is 0 Å². The van der Waals surface area contributed by atoms with E-state index in [2.05, 4.69) is 36.9 Å². The molecule has 76 valence electrons. The number of nitrogens with zero attached hydrogens (tertiary/aromatic N) is 1. The van der Waals surface area contributed by atoms with E-state index in [-0.39, 0.29) is 0 Å². The number of rotatable bonds is 1. The highest BCUT2D eigenvalue weighted by molar-refractivity contribution is 5.32. The van der Waals surface area contributed by atoms with E-state index in [9.17, 15) is 0 Å². The van der Waals surface area contributed by atoms with Gasteiger partial charge in [-0.05, 0) is 44.0 Å². The lowest BCUT2D eigenvalue weighted by atomic mass is 10.0. The van der Waals surface area contributed by atoms with Crippen molar-refractivity contribution in [1.29, 1.82) is 0 Å². The summed E-state index contributed by atoms with van der Waals surface area (Å²) in [6, 6.07) is 6.90. The van der Waals surface area contributed by atoms with E-state index >= 15 is 0 Å². The van der Waals surface area contributed by atoms with Crippen molar-refractivity contribution in [3.8, 4) is 0 Å². The first-order chi connectivity index (χ1) is 6.79. The summed E-state index contributed by atoms with van der Waals surface area (Å²) in [7, 11) is 0. The Hall–Kier alpha value is -0.820. The van der Waals surface area contributed by atoms with Crippen LogP contribution in [0.2, 0.25) is 0 Å². The van der Waals surface area contributed by atoms with Crippen molar-refractivity contribution in [3.05, 3.63) is 34.9 Å². The number of aryl methyl sites for hydroxylation is 2. The van der Waals surface area contributed by atoms with E-state index < -0.39 is 0 Å². The molecule has 0 saturated heterocycles. The zero-order valence-electron chi connectivity index (χ0n) is 9.21. The van der Waals surface area contributed by atoms with Gasteiger partial charge >= 0.3 is 0 Å². The van der Waals surface area contributed by atoms with Gasteiger partial charge in [0, 0.05) is 6.54 Å². The van der Waals surface area contributed by atoms with Gasteiger partial charge in [0.15, 0.2) is 0 Å². The van der Waals surface area contributed by atoms with Crippen molar-refractivity contribution in [2.45, 2.75) is 33.2 Å². The fourth-order valence-corrected chi connectivity index (χ4v) is 2.23. The van der Waals surface area contributed by atoms with Gasteiger partial charge < -0.3 is 0 Å². The van der Waals surface area contributed by atoms with E-state index in [4.69, 9.17) is 0 Å². The molecule has 1 heteroatoms. The Bertz CT molecular complexity index is 317. The Balaban J connectivity index is 2.28. The highest BCUT2D eigenvalue weighted by atomic mass is 15.1. The second-order valence-electron chi connectivity index (χ2n) is 4.24. The normalized spacial score (nSPS) is 17.6. The lowest BCUT2D eigenvalue weighted by molar-refractivity contribution is 0.284. The first-order valence-electron chi connectivity index (χ1n) is 5.60. The number of hydrogen-bond acceptors (Lipinski definition) is 1. The zero-order valence-corrected chi connectivity index (χ0v) is 9.21. The molecule has 0 amide bonds. The monoisotopic (exact) mass is 189 g/mol. The molecule has 14 heavy (non-hydrogen) atoms. The fourth-order valence-electron chi connectivity index (χ4n) is 2.23. The average molecular weight is 189 g/mol. The third-order valence-corrected chi connectivity index (χ3v) is 3.12. The smallest absolute Gasteiger partial charge is 0.0236 e. The molecule has 0 atom stereocenters. The van der Waals surface area contributed by atoms with Crippen LogP contribution in [0.1, 0.15) is 30.0 Å². The zero-order chi connectivity index (χ0) is 9.97. The highest BCUT2D eigenvalue weighted by Gasteiger charge is 2.12. The van der Waals surface area contributed by atoms with E-state index in [0.717, 1.165) is 6.54 Å². The molecule has 1 aromatic carbocycles. The van der Waals surface area contributed by atoms with Crippen molar-refractivity contribution in [1.82, 2.24) is 4.90 Å². The van der Waals surface area contributed by atoms with E-state index in [1.54, 1.807) is 11.1 Å². The molecule has 0 aromatic heterocycles. The van der Waals surface area contributed by atoms with Crippen molar-refractivity contribution < 1.29 is 0 Å². The molecule has 0 fully saturated rings. The second-order valence-corrected chi connectivity index (χ2v) is 4.24. The standard InChI is InChI=1S/C13H19N/c1-3-14-8-4-5-12-7-6-11(2)9-13(12)10-14/h6-7,9H,3-5,8,10H2,1-2H3. The van der Waals surface area contributed by atoms with Crippen LogP contribution in [0, 0.1) is 6.92 Å². The van der Waals surface area contributed by atoms with Gasteiger partial charge in [0.25, 0.3) is 0 Å². The van der Waals surface area contributed by atoms with E-state index in [0.29, 0.717) is 0 Å². The lowest BCUT2D eigenvalue weighted by Gasteiger charge is -2.17. The largest absolute Gasteiger partial charge is 0.299 e. The van der Waals surface area contributed by atoms with Gasteiger partial charge in [-0.3, -0.25) is 4.90 Å². The summed E-state index contributed by atoms with van der Waals surface area (Å²) in [5.41, 5.74) is 4.50. The summed E-state index contributed by atoms with van der Waals surface area (Å²) in [6.07, 6.45) is 2.57. The predicted molar refractivity (Wildman–Crippen MR) is 60.5 cm³/mol. The topological polar surface area (TPSA) is 3.24 Å². The molecular formula is C13H19N. The summed E-state index contributed by atoms with van der Waals surface area (Å²) >= 11 is 0. The maximum absolute atomic E-state index is 2.53. The Kier molecular flexibility index (Phi) is 2.87. The van der Waals surface area contributed by atoms with Gasteiger partial charge in [0.1, 0.15) is 0 Å². The average Bonchev–Trinajstić information content (AvgIpc) is 2.38. The minimum absolute atomic E-state index is 1.15. The summed E-state index contributed by atoms with van der Waals surface area (Å²) < 4.78 is 0. The van der Waals surface area contributed by atoms with Crippen molar-refractivity contribution in [2.75, 3.05) is 13.1 Å². The first-order valence-corrected chi connectivity index (χ1v) is 5.60. The van der Waals surface area contributed by atoms with Gasteiger partial charge in [0.05, 0.1) is 0 Å². The van der Waals surface area contributed by atoms with Crippen LogP contribution < -0.4 is 0 Å². The molecule has 0 radical (unpaired) electrons. The van der Waals surface area contributed by atoms with Crippen LogP contribution in [0.4, 0.5) is 0 Å². The molecule has 0 spiro atoms. The van der Waals surface area contributed by atoms with Crippen LogP contribution in [0.5, 0.6) is 0 Å². The Labute approximate surface area is 86.7 Å². The number of fused-ring (bicyclic) bond motifs is 1. The Morgan fingerprint density at radius 2 is 2.14 bits per heavy atom. The molecule has 2 rings (SSSR count). The SMILES string of the molecule is CCN1CCCc2ccc(C)cc2C1. The molecule has 0 bridgehead atoms. The van der Waals surface area contributed by atoms with Crippen molar-refractivity contribution >= 4 is 0 Å². The van der Waals surface area contributed by atoms with Crippen molar-refractivity contribution in [2.24, 2.45) is 0 Å². The molecule has 1 aliphatic rings. The van der Waals surface area contributed by atoms with Crippen LogP contribution in [-0.4, -0.2) is 18.0 Å². The number of benzene rings is 1. The first kappa shape index (κ1) is 9.72.